The zero-order valence-electron chi connectivity index (χ0n) is 15.8. The lowest BCUT2D eigenvalue weighted by atomic mass is 9.96. The van der Waals surface area contributed by atoms with Crippen LogP contribution in [-0.2, 0) is 29.1 Å². The minimum Gasteiger partial charge on any atom is -0.459 e. The number of ether oxygens (including phenoxy) is 1. The predicted octanol–water partition coefficient (Wildman–Crippen LogP) is 3.39. The van der Waals surface area contributed by atoms with E-state index in [0.717, 1.165) is 33.6 Å². The topological polar surface area (TPSA) is 90.6 Å². The number of thioether (sulfide) groups is 1. The van der Waals surface area contributed by atoms with Gasteiger partial charge in [0.25, 0.3) is 5.56 Å². The van der Waals surface area contributed by atoms with Crippen molar-refractivity contribution in [1.29, 1.82) is 0 Å². The van der Waals surface area contributed by atoms with Crippen molar-refractivity contribution >= 4 is 28.6 Å². The average molecular weight is 423 g/mol. The summed E-state index contributed by atoms with van der Waals surface area (Å²) in [7, 11) is 0. The molecule has 0 saturated heterocycles. The number of esters is 1. The van der Waals surface area contributed by atoms with Crippen LogP contribution in [0.4, 0.5) is 4.39 Å². The lowest BCUT2D eigenvalue weighted by molar-refractivity contribution is -0.148. The first-order valence-corrected chi connectivity index (χ1v) is 10.5. The standard InChI is InChI=1S/C21H14FN3O4S/c1-8-13(22)5-14-16-9(2-3-30-19(8)16)11-6-25-15(17(11)23-14)4-10-12(20(25)26)7-29-21(27)18(10)24-28/h4-5,18H,2-3,6-7H2,1H3. The van der Waals surface area contributed by atoms with E-state index in [1.165, 1.54) is 6.07 Å². The number of nitroso groups, excluding NO2 is 1. The second kappa shape index (κ2) is 5.98. The van der Waals surface area contributed by atoms with Gasteiger partial charge in [0.1, 0.15) is 12.4 Å². The SMILES string of the molecule is Cc1c(F)cc2nc3c(c4c2c1SCC4)Cn1c-3cc2c(c1=O)COC(=O)C2N=O. The molecule has 0 radical (unpaired) electrons. The fourth-order valence-electron chi connectivity index (χ4n) is 4.73. The summed E-state index contributed by atoms with van der Waals surface area (Å²) < 4.78 is 21.1. The zero-order chi connectivity index (χ0) is 20.7. The summed E-state index contributed by atoms with van der Waals surface area (Å²) in [5.41, 5.74) is 4.55. The predicted molar refractivity (Wildman–Crippen MR) is 108 cm³/mol. The minimum absolute atomic E-state index is 0.177. The number of hydrogen-bond acceptors (Lipinski definition) is 7. The Morgan fingerprint density at radius 3 is 2.90 bits per heavy atom. The van der Waals surface area contributed by atoms with Gasteiger partial charge in [0.15, 0.2) is 0 Å². The molecule has 0 N–H and O–H groups in total. The highest BCUT2D eigenvalue weighted by molar-refractivity contribution is 7.99. The van der Waals surface area contributed by atoms with Gasteiger partial charge in [-0.05, 0) is 35.7 Å². The molecule has 1 aromatic carbocycles. The van der Waals surface area contributed by atoms with Crippen LogP contribution in [-0.4, -0.2) is 21.3 Å². The van der Waals surface area contributed by atoms with E-state index < -0.39 is 12.0 Å². The Hall–Kier alpha value is -3.07. The van der Waals surface area contributed by atoms with Crippen molar-refractivity contribution in [3.05, 3.63) is 61.0 Å². The van der Waals surface area contributed by atoms with Crippen LogP contribution in [0.5, 0.6) is 0 Å². The summed E-state index contributed by atoms with van der Waals surface area (Å²) in [6, 6.07) is 1.72. The van der Waals surface area contributed by atoms with E-state index in [-0.39, 0.29) is 29.1 Å². The Kier molecular flexibility index (Phi) is 3.54. The summed E-state index contributed by atoms with van der Waals surface area (Å²) in [5, 5.41) is 3.83. The molecule has 0 fully saturated rings. The number of nitrogens with zero attached hydrogens (tertiary/aromatic N) is 3. The molecule has 6 rings (SSSR count). The van der Waals surface area contributed by atoms with E-state index in [2.05, 4.69) is 5.18 Å². The minimum atomic E-state index is -1.36. The molecule has 30 heavy (non-hydrogen) atoms. The van der Waals surface area contributed by atoms with Gasteiger partial charge in [-0.3, -0.25) is 4.79 Å². The summed E-state index contributed by atoms with van der Waals surface area (Å²) in [6.07, 6.45) is 0.798. The Morgan fingerprint density at radius 2 is 2.10 bits per heavy atom. The molecule has 7 nitrogen and oxygen atoms in total. The maximum atomic E-state index is 14.5. The van der Waals surface area contributed by atoms with E-state index >= 15 is 0 Å². The van der Waals surface area contributed by atoms with E-state index in [0.29, 0.717) is 29.0 Å². The number of hydrogen-bond donors (Lipinski definition) is 0. The normalized spacial score (nSPS) is 18.6. The molecule has 3 aliphatic rings. The summed E-state index contributed by atoms with van der Waals surface area (Å²) in [6.45, 7) is 1.95. The molecule has 5 heterocycles. The number of aromatic nitrogens is 2. The van der Waals surface area contributed by atoms with Gasteiger partial charge in [0.2, 0.25) is 6.04 Å². The number of carbonyl (C=O) groups is 1. The molecule has 150 valence electrons. The van der Waals surface area contributed by atoms with Crippen molar-refractivity contribution in [2.45, 2.75) is 37.4 Å². The van der Waals surface area contributed by atoms with Crippen molar-refractivity contribution in [2.24, 2.45) is 5.18 Å². The zero-order valence-corrected chi connectivity index (χ0v) is 16.6. The smallest absolute Gasteiger partial charge is 0.339 e. The third-order valence-electron chi connectivity index (χ3n) is 6.20. The highest BCUT2D eigenvalue weighted by Crippen LogP contribution is 2.44. The largest absolute Gasteiger partial charge is 0.459 e. The van der Waals surface area contributed by atoms with Crippen LogP contribution in [0.25, 0.3) is 22.3 Å². The van der Waals surface area contributed by atoms with Crippen LogP contribution in [0.2, 0.25) is 0 Å². The van der Waals surface area contributed by atoms with Crippen LogP contribution in [0, 0.1) is 17.6 Å². The highest BCUT2D eigenvalue weighted by Gasteiger charge is 2.37. The Balaban J connectivity index is 1.68. The van der Waals surface area contributed by atoms with E-state index in [4.69, 9.17) is 9.72 Å². The highest BCUT2D eigenvalue weighted by atomic mass is 32.2. The Labute approximate surface area is 173 Å². The summed E-state index contributed by atoms with van der Waals surface area (Å²) in [4.78, 5) is 42.0. The van der Waals surface area contributed by atoms with Crippen LogP contribution in [0.3, 0.4) is 0 Å². The number of cyclic esters (lactones) is 1. The maximum absolute atomic E-state index is 14.5. The van der Waals surface area contributed by atoms with Gasteiger partial charge < -0.3 is 9.30 Å². The maximum Gasteiger partial charge on any atom is 0.339 e. The first-order valence-electron chi connectivity index (χ1n) is 9.53. The summed E-state index contributed by atoms with van der Waals surface area (Å²) >= 11 is 1.63. The number of pyridine rings is 2. The third-order valence-corrected chi connectivity index (χ3v) is 7.41. The van der Waals surface area contributed by atoms with Crippen molar-refractivity contribution < 1.29 is 13.9 Å². The number of benzene rings is 1. The first kappa shape index (κ1) is 17.8. The van der Waals surface area contributed by atoms with E-state index in [9.17, 15) is 18.9 Å². The molecule has 2 aromatic heterocycles. The third kappa shape index (κ3) is 2.13. The molecule has 1 atom stereocenters. The molecular weight excluding hydrogens is 409 g/mol. The molecule has 0 amide bonds. The fourth-order valence-corrected chi connectivity index (χ4v) is 5.92. The van der Waals surface area contributed by atoms with Gasteiger partial charge in [-0.1, -0.05) is 0 Å². The average Bonchev–Trinajstić information content (AvgIpc) is 3.11. The van der Waals surface area contributed by atoms with Gasteiger partial charge in [-0.25, -0.2) is 14.2 Å². The molecule has 0 bridgehead atoms. The Morgan fingerprint density at radius 1 is 1.27 bits per heavy atom. The molecule has 0 saturated carbocycles. The first-order chi connectivity index (χ1) is 14.5. The lowest BCUT2D eigenvalue weighted by Gasteiger charge is -2.21. The number of fused-ring (bicyclic) bond motifs is 5. The van der Waals surface area contributed by atoms with Crippen molar-refractivity contribution in [3.63, 3.8) is 0 Å². The van der Waals surface area contributed by atoms with Crippen LogP contribution in [0.15, 0.2) is 27.0 Å². The van der Waals surface area contributed by atoms with Gasteiger partial charge >= 0.3 is 5.97 Å². The quantitative estimate of drug-likeness (QED) is 0.344. The summed E-state index contributed by atoms with van der Waals surface area (Å²) in [5.74, 6) is -0.246. The van der Waals surface area contributed by atoms with E-state index in [1.807, 2.05) is 0 Å². The monoisotopic (exact) mass is 423 g/mol. The molecular formula is C21H14FN3O4S. The Bertz CT molecular complexity index is 1400. The van der Waals surface area contributed by atoms with Crippen molar-refractivity contribution in [2.75, 3.05) is 5.75 Å². The molecule has 0 spiro atoms. The molecule has 3 aromatic rings. The second-order valence-corrected chi connectivity index (χ2v) is 8.80. The van der Waals surface area contributed by atoms with Gasteiger partial charge in [0, 0.05) is 33.2 Å². The van der Waals surface area contributed by atoms with Crippen LogP contribution in [0.1, 0.15) is 33.9 Å². The van der Waals surface area contributed by atoms with Crippen LogP contribution < -0.4 is 5.56 Å². The van der Waals surface area contributed by atoms with E-state index in [1.54, 1.807) is 29.3 Å². The van der Waals surface area contributed by atoms with Crippen molar-refractivity contribution in [1.82, 2.24) is 9.55 Å². The molecule has 3 aliphatic heterocycles. The molecule has 0 aliphatic carbocycles. The number of aryl methyl sites for hydroxylation is 1. The van der Waals surface area contributed by atoms with Gasteiger partial charge in [0.05, 0.1) is 29.0 Å². The molecule has 1 unspecified atom stereocenters. The van der Waals surface area contributed by atoms with Gasteiger partial charge in [-0.15, -0.1) is 16.7 Å². The number of rotatable bonds is 1. The van der Waals surface area contributed by atoms with Crippen molar-refractivity contribution in [3.8, 4) is 11.4 Å². The lowest BCUT2D eigenvalue weighted by Crippen LogP contribution is -2.32. The fraction of sp³-hybridized carbons (Fsp3) is 0.286. The number of halogens is 1. The second-order valence-electron chi connectivity index (χ2n) is 7.69. The van der Waals surface area contributed by atoms with Gasteiger partial charge in [-0.2, -0.15) is 0 Å². The molecule has 9 heteroatoms. The van der Waals surface area contributed by atoms with Crippen LogP contribution >= 0.6 is 11.8 Å². The number of carbonyl (C=O) groups excluding carboxylic acids is 1.